The normalized spacial score (nSPS) is 16.7. The maximum atomic E-state index is 11.6. The molecular formula is C41H55N13O4. The SMILES string of the molecule is CC(C)(C)n1nccc1Nc1cccc(CC2(c3n[nH]c(=O)o3)CCCCC2)n1.CC(C)(C)n1nccc1Nc1cccc(CC2(c3n[nH]c(=O)o3)CCNCC2)n1. The molecule has 17 nitrogen and oxygen atoms in total. The maximum absolute atomic E-state index is 11.6. The van der Waals surface area contributed by atoms with Gasteiger partial charge in [0.2, 0.25) is 11.8 Å². The van der Waals surface area contributed by atoms with Crippen molar-refractivity contribution in [3.63, 3.8) is 0 Å². The Morgan fingerprint density at radius 1 is 0.638 bits per heavy atom. The lowest BCUT2D eigenvalue weighted by atomic mass is 9.71. The molecule has 1 saturated carbocycles. The van der Waals surface area contributed by atoms with Gasteiger partial charge >= 0.3 is 11.5 Å². The minimum absolute atomic E-state index is 0.132. The van der Waals surface area contributed by atoms with E-state index in [1.807, 2.05) is 57.9 Å². The highest BCUT2D eigenvalue weighted by Gasteiger charge is 2.40. The van der Waals surface area contributed by atoms with Gasteiger partial charge < -0.3 is 24.8 Å². The van der Waals surface area contributed by atoms with Crippen LogP contribution in [0.3, 0.4) is 0 Å². The average molecular weight is 794 g/mol. The predicted molar refractivity (Wildman–Crippen MR) is 220 cm³/mol. The highest BCUT2D eigenvalue weighted by Crippen LogP contribution is 2.41. The fraction of sp³-hybridized carbons (Fsp3) is 0.512. The summed E-state index contributed by atoms with van der Waals surface area (Å²) >= 11 is 0. The molecule has 58 heavy (non-hydrogen) atoms. The van der Waals surface area contributed by atoms with Gasteiger partial charge in [0.25, 0.3) is 0 Å². The van der Waals surface area contributed by atoms with Crippen molar-refractivity contribution >= 4 is 23.3 Å². The number of aromatic nitrogens is 10. The van der Waals surface area contributed by atoms with Crippen molar-refractivity contribution < 1.29 is 8.83 Å². The molecular weight excluding hydrogens is 739 g/mol. The Hall–Kier alpha value is -5.84. The number of hydrogen-bond donors (Lipinski definition) is 5. The van der Waals surface area contributed by atoms with Gasteiger partial charge in [-0.25, -0.2) is 39.1 Å². The Labute approximate surface area is 336 Å². The van der Waals surface area contributed by atoms with Crippen molar-refractivity contribution in [3.8, 4) is 0 Å². The largest absolute Gasteiger partial charge is 0.434 e. The van der Waals surface area contributed by atoms with Gasteiger partial charge in [0.15, 0.2) is 0 Å². The molecule has 308 valence electrons. The van der Waals surface area contributed by atoms with Crippen LogP contribution in [0.4, 0.5) is 23.3 Å². The molecule has 0 aromatic carbocycles. The van der Waals surface area contributed by atoms with E-state index in [4.69, 9.17) is 18.8 Å². The Morgan fingerprint density at radius 3 is 1.50 bits per heavy atom. The van der Waals surface area contributed by atoms with Crippen molar-refractivity contribution in [1.29, 1.82) is 0 Å². The summed E-state index contributed by atoms with van der Waals surface area (Å²) in [6.45, 7) is 14.3. The number of aromatic amines is 2. The van der Waals surface area contributed by atoms with Gasteiger partial charge in [-0.05, 0) is 105 Å². The number of H-pyrrole nitrogens is 2. The monoisotopic (exact) mass is 793 g/mol. The molecule has 2 aliphatic rings. The molecule has 17 heteroatoms. The Kier molecular flexibility index (Phi) is 11.5. The lowest BCUT2D eigenvalue weighted by molar-refractivity contribution is 0.227. The van der Waals surface area contributed by atoms with E-state index < -0.39 is 11.5 Å². The first kappa shape index (κ1) is 40.4. The van der Waals surface area contributed by atoms with E-state index in [9.17, 15) is 9.59 Å². The van der Waals surface area contributed by atoms with E-state index in [0.717, 1.165) is 86.3 Å². The van der Waals surface area contributed by atoms with E-state index in [1.165, 1.54) is 6.42 Å². The van der Waals surface area contributed by atoms with Crippen LogP contribution in [-0.4, -0.2) is 63.0 Å². The maximum Gasteiger partial charge on any atom is 0.434 e. The summed E-state index contributed by atoms with van der Waals surface area (Å²) in [6, 6.07) is 15.8. The van der Waals surface area contributed by atoms with E-state index in [-0.39, 0.29) is 21.9 Å². The molecule has 6 aromatic rings. The minimum atomic E-state index is -0.517. The molecule has 1 aliphatic heterocycles. The summed E-state index contributed by atoms with van der Waals surface area (Å²) in [5.41, 5.74) is 0.973. The number of piperidine rings is 1. The van der Waals surface area contributed by atoms with Crippen LogP contribution < -0.4 is 27.5 Å². The molecule has 2 fully saturated rings. The zero-order chi connectivity index (χ0) is 41.0. The fourth-order valence-corrected chi connectivity index (χ4v) is 8.10. The highest BCUT2D eigenvalue weighted by molar-refractivity contribution is 5.53. The Morgan fingerprint density at radius 2 is 1.09 bits per heavy atom. The molecule has 0 bridgehead atoms. The van der Waals surface area contributed by atoms with Gasteiger partial charge in [0.1, 0.15) is 23.3 Å². The molecule has 0 amide bonds. The van der Waals surface area contributed by atoms with Gasteiger partial charge in [-0.1, -0.05) is 31.4 Å². The summed E-state index contributed by atoms with van der Waals surface area (Å²) < 4.78 is 14.6. The van der Waals surface area contributed by atoms with Gasteiger partial charge in [-0.15, -0.1) is 10.2 Å². The minimum Gasteiger partial charge on any atom is -0.392 e. The van der Waals surface area contributed by atoms with Gasteiger partial charge in [-0.2, -0.15) is 10.2 Å². The van der Waals surface area contributed by atoms with Crippen LogP contribution in [0, 0.1) is 0 Å². The zero-order valence-electron chi connectivity index (χ0n) is 34.3. The van der Waals surface area contributed by atoms with Crippen molar-refractivity contribution in [2.75, 3.05) is 23.7 Å². The number of nitrogens with one attached hydrogen (secondary N) is 5. The van der Waals surface area contributed by atoms with E-state index in [2.05, 4.69) is 88.1 Å². The lowest BCUT2D eigenvalue weighted by Crippen LogP contribution is -2.42. The fourth-order valence-electron chi connectivity index (χ4n) is 8.10. The Bertz CT molecular complexity index is 2210. The van der Waals surface area contributed by atoms with Gasteiger partial charge in [0.05, 0.1) is 34.3 Å². The molecule has 1 saturated heterocycles. The van der Waals surface area contributed by atoms with Crippen LogP contribution in [0.15, 0.2) is 79.3 Å². The third kappa shape index (κ3) is 9.30. The predicted octanol–water partition coefficient (Wildman–Crippen LogP) is 6.21. The van der Waals surface area contributed by atoms with Crippen LogP contribution >= 0.6 is 0 Å². The molecule has 6 aromatic heterocycles. The van der Waals surface area contributed by atoms with Crippen LogP contribution in [0.2, 0.25) is 0 Å². The van der Waals surface area contributed by atoms with Crippen molar-refractivity contribution in [3.05, 3.63) is 105 Å². The molecule has 0 spiro atoms. The van der Waals surface area contributed by atoms with E-state index in [1.54, 1.807) is 12.4 Å². The zero-order valence-corrected chi connectivity index (χ0v) is 34.3. The van der Waals surface area contributed by atoms with Crippen molar-refractivity contribution in [2.24, 2.45) is 0 Å². The number of pyridine rings is 2. The summed E-state index contributed by atoms with van der Waals surface area (Å²) in [7, 11) is 0. The molecule has 5 N–H and O–H groups in total. The topological polar surface area (TPSA) is 215 Å². The number of nitrogens with zero attached hydrogens (tertiary/aromatic N) is 8. The van der Waals surface area contributed by atoms with Crippen LogP contribution in [0.25, 0.3) is 0 Å². The molecule has 1 aliphatic carbocycles. The first-order valence-electron chi connectivity index (χ1n) is 20.1. The van der Waals surface area contributed by atoms with E-state index in [0.29, 0.717) is 24.6 Å². The first-order chi connectivity index (χ1) is 27.7. The summed E-state index contributed by atoms with van der Waals surface area (Å²) in [6.07, 6.45) is 11.8. The average Bonchev–Trinajstić information content (AvgIpc) is 4.02. The first-order valence-corrected chi connectivity index (χ1v) is 20.1. The molecule has 8 rings (SSSR count). The summed E-state index contributed by atoms with van der Waals surface area (Å²) in [5, 5.41) is 32.1. The van der Waals surface area contributed by atoms with Crippen molar-refractivity contribution in [2.45, 2.75) is 121 Å². The van der Waals surface area contributed by atoms with E-state index >= 15 is 0 Å². The second kappa shape index (κ2) is 16.6. The van der Waals surface area contributed by atoms with Gasteiger partial charge in [-0.3, -0.25) is 0 Å². The molecule has 0 radical (unpaired) electrons. The van der Waals surface area contributed by atoms with Gasteiger partial charge in [0, 0.05) is 36.4 Å². The molecule has 0 unspecified atom stereocenters. The number of hydrogen-bond acceptors (Lipinski definition) is 13. The third-order valence-electron chi connectivity index (χ3n) is 10.9. The van der Waals surface area contributed by atoms with Crippen LogP contribution in [-0.2, 0) is 34.7 Å². The third-order valence-corrected chi connectivity index (χ3v) is 10.9. The molecule has 0 atom stereocenters. The van der Waals surface area contributed by atoms with Crippen LogP contribution in [0.5, 0.6) is 0 Å². The van der Waals surface area contributed by atoms with Crippen molar-refractivity contribution in [1.82, 2.24) is 55.2 Å². The number of anilines is 4. The quantitative estimate of drug-likeness (QED) is 0.104. The Balaban J connectivity index is 0.000000177. The summed E-state index contributed by atoms with van der Waals surface area (Å²) in [5.74, 6) is 3.26. The second-order valence-corrected chi connectivity index (χ2v) is 17.4. The highest BCUT2D eigenvalue weighted by atomic mass is 16.4. The number of rotatable bonds is 10. The summed E-state index contributed by atoms with van der Waals surface area (Å²) in [4.78, 5) is 32.7. The van der Waals surface area contributed by atoms with Crippen LogP contribution in [0.1, 0.15) is 110 Å². The standard InChI is InChI=1S/C21H28N6O2.C20H27N7O2/c1-20(2,3)27-17(10-13-22-27)24-16-9-7-8-15(23-16)14-21(11-5-4-6-12-21)18-25-26-19(28)29-18;1-19(2,3)27-16(7-10-22-27)24-15-6-4-5-14(23-15)13-20(8-11-21-12-9-20)17-25-26-18(28)29-17/h7-10,13H,4-6,11-12,14H2,1-3H3,(H,23,24)(H,26,28);4-7,10,21H,8-9,11-13H2,1-3H3,(H,23,24)(H,26,28). The second-order valence-electron chi connectivity index (χ2n) is 17.4. The smallest absolute Gasteiger partial charge is 0.392 e. The lowest BCUT2D eigenvalue weighted by Gasteiger charge is -2.34. The molecule has 7 heterocycles.